The fourth-order valence-electron chi connectivity index (χ4n) is 1.68. The van der Waals surface area contributed by atoms with Crippen molar-refractivity contribution in [1.82, 2.24) is 15.6 Å². The van der Waals surface area contributed by atoms with Crippen molar-refractivity contribution in [2.75, 3.05) is 7.05 Å². The Morgan fingerprint density at radius 1 is 1.40 bits per heavy atom. The number of likely N-dealkylation sites (N-methyl/N-ethyl adjacent to an activating group) is 1. The minimum absolute atomic E-state index is 0.317. The van der Waals surface area contributed by atoms with Gasteiger partial charge in [0.15, 0.2) is 0 Å². The lowest BCUT2D eigenvalue weighted by atomic mass is 10.2. The van der Waals surface area contributed by atoms with Crippen LogP contribution in [0, 0.1) is 5.82 Å². The first-order chi connectivity index (χ1) is 9.65. The molecule has 5 nitrogen and oxygen atoms in total. The van der Waals surface area contributed by atoms with Crippen LogP contribution in [0.5, 0.6) is 0 Å². The summed E-state index contributed by atoms with van der Waals surface area (Å²) in [5.74, 6) is -0.787. The molecule has 2 N–H and O–H groups in total. The normalized spacial score (nSPS) is 11.9. The van der Waals surface area contributed by atoms with E-state index in [2.05, 4.69) is 15.6 Å². The van der Waals surface area contributed by atoms with Crippen LogP contribution in [0.4, 0.5) is 4.39 Å². The zero-order valence-electron chi connectivity index (χ0n) is 10.6. The zero-order chi connectivity index (χ0) is 14.5. The number of carbonyl (C=O) groups excluding carboxylic acids is 2. The van der Waals surface area contributed by atoms with E-state index in [-0.39, 0.29) is 5.82 Å². The summed E-state index contributed by atoms with van der Waals surface area (Å²) in [6.07, 6.45) is 0.334. The Labute approximate surface area is 118 Å². The fraction of sp³-hybridized carbons (Fsp3) is 0.154. The van der Waals surface area contributed by atoms with Crippen molar-refractivity contribution in [2.24, 2.45) is 0 Å². The lowest BCUT2D eigenvalue weighted by Gasteiger charge is -2.10. The van der Waals surface area contributed by atoms with E-state index in [0.29, 0.717) is 17.1 Å². The van der Waals surface area contributed by atoms with Crippen molar-refractivity contribution in [3.63, 3.8) is 0 Å². The first-order valence-corrected chi connectivity index (χ1v) is 6.66. The summed E-state index contributed by atoms with van der Waals surface area (Å²) >= 11 is 1.29. The summed E-state index contributed by atoms with van der Waals surface area (Å²) in [4.78, 5) is 26.3. The SMILES string of the molecule is CNC(C(=O)NC=O)c1nc(-c2ccc(F)cc2)cs1. The molecule has 2 rings (SSSR count). The van der Waals surface area contributed by atoms with Crippen LogP contribution in [0.1, 0.15) is 11.0 Å². The summed E-state index contributed by atoms with van der Waals surface area (Å²) < 4.78 is 12.9. The molecule has 2 aromatic rings. The second-order valence-corrected chi connectivity index (χ2v) is 4.82. The van der Waals surface area contributed by atoms with Gasteiger partial charge < -0.3 is 5.32 Å². The highest BCUT2D eigenvalue weighted by atomic mass is 32.1. The molecule has 0 aliphatic rings. The third kappa shape index (κ3) is 3.06. The number of rotatable bonds is 5. The van der Waals surface area contributed by atoms with Gasteiger partial charge in [-0.05, 0) is 31.3 Å². The maximum absolute atomic E-state index is 12.9. The largest absolute Gasteiger partial charge is 0.303 e. The van der Waals surface area contributed by atoms with Crippen LogP contribution in [0.15, 0.2) is 29.6 Å². The molecular formula is C13H12FN3O2S. The molecule has 0 bridgehead atoms. The number of benzene rings is 1. The number of imide groups is 1. The summed E-state index contributed by atoms with van der Waals surface area (Å²) in [6, 6.07) is 5.24. The monoisotopic (exact) mass is 293 g/mol. The summed E-state index contributed by atoms with van der Waals surface area (Å²) in [5, 5.41) is 7.19. The predicted molar refractivity (Wildman–Crippen MR) is 73.5 cm³/mol. The molecule has 0 fully saturated rings. The molecule has 1 unspecified atom stereocenters. The number of hydrogen-bond acceptors (Lipinski definition) is 5. The number of thiazole rings is 1. The molecule has 20 heavy (non-hydrogen) atoms. The molecule has 2 amide bonds. The molecule has 0 aliphatic heterocycles. The second kappa shape index (κ2) is 6.36. The van der Waals surface area contributed by atoms with Crippen LogP contribution < -0.4 is 10.6 Å². The number of aromatic nitrogens is 1. The molecule has 0 radical (unpaired) electrons. The maximum atomic E-state index is 12.9. The average molecular weight is 293 g/mol. The molecule has 0 aliphatic carbocycles. The highest BCUT2D eigenvalue weighted by molar-refractivity contribution is 7.10. The number of halogens is 1. The molecule has 1 heterocycles. The number of amides is 2. The Hall–Kier alpha value is -2.12. The fourth-order valence-corrected chi connectivity index (χ4v) is 2.61. The Kier molecular flexibility index (Phi) is 4.54. The minimum atomic E-state index is -0.695. The van der Waals surface area contributed by atoms with Gasteiger partial charge in [0.25, 0.3) is 5.91 Å². The van der Waals surface area contributed by atoms with Gasteiger partial charge in [-0.3, -0.25) is 14.9 Å². The standard InChI is InChI=1S/C13H12FN3O2S/c1-15-11(12(19)16-7-18)13-17-10(6-20-13)8-2-4-9(14)5-3-8/h2-7,11,15H,1H3,(H,16,18,19). The summed E-state index contributed by atoms with van der Waals surface area (Å²) in [5.41, 5.74) is 1.42. The number of nitrogens with zero attached hydrogens (tertiary/aromatic N) is 1. The Morgan fingerprint density at radius 2 is 2.10 bits per heavy atom. The molecule has 1 aromatic heterocycles. The number of nitrogens with one attached hydrogen (secondary N) is 2. The number of hydrogen-bond donors (Lipinski definition) is 2. The average Bonchev–Trinajstić information content (AvgIpc) is 2.90. The molecule has 1 atom stereocenters. The lowest BCUT2D eigenvalue weighted by Crippen LogP contribution is -2.35. The zero-order valence-corrected chi connectivity index (χ0v) is 11.4. The van der Waals surface area contributed by atoms with E-state index in [9.17, 15) is 14.0 Å². The quantitative estimate of drug-likeness (QED) is 0.819. The van der Waals surface area contributed by atoms with E-state index in [1.807, 2.05) is 0 Å². The Morgan fingerprint density at radius 3 is 2.70 bits per heavy atom. The summed E-state index contributed by atoms with van der Waals surface area (Å²) in [7, 11) is 1.61. The molecule has 0 saturated carbocycles. The van der Waals surface area contributed by atoms with Crippen molar-refractivity contribution in [2.45, 2.75) is 6.04 Å². The van der Waals surface area contributed by atoms with Gasteiger partial charge in [0.05, 0.1) is 5.69 Å². The lowest BCUT2D eigenvalue weighted by molar-refractivity contribution is -0.126. The van der Waals surface area contributed by atoms with Crippen molar-refractivity contribution in [3.8, 4) is 11.3 Å². The van der Waals surface area contributed by atoms with E-state index in [0.717, 1.165) is 5.56 Å². The van der Waals surface area contributed by atoms with E-state index in [4.69, 9.17) is 0 Å². The molecule has 1 aromatic carbocycles. The van der Waals surface area contributed by atoms with Crippen molar-refractivity contribution >= 4 is 23.7 Å². The first-order valence-electron chi connectivity index (χ1n) is 5.78. The van der Waals surface area contributed by atoms with Gasteiger partial charge in [0.2, 0.25) is 6.41 Å². The van der Waals surface area contributed by atoms with Crippen molar-refractivity contribution < 1.29 is 14.0 Å². The van der Waals surface area contributed by atoms with Crippen LogP contribution in [0.3, 0.4) is 0 Å². The van der Waals surface area contributed by atoms with Gasteiger partial charge in [0, 0.05) is 10.9 Å². The van der Waals surface area contributed by atoms with Crippen LogP contribution >= 0.6 is 11.3 Å². The Balaban J connectivity index is 2.25. The van der Waals surface area contributed by atoms with Gasteiger partial charge in [-0.2, -0.15) is 0 Å². The Bertz CT molecular complexity index is 612. The molecule has 0 spiro atoms. The molecule has 7 heteroatoms. The van der Waals surface area contributed by atoms with E-state index in [1.54, 1.807) is 24.6 Å². The third-order valence-corrected chi connectivity index (χ3v) is 3.57. The van der Waals surface area contributed by atoms with Gasteiger partial charge >= 0.3 is 0 Å². The van der Waals surface area contributed by atoms with Crippen molar-refractivity contribution in [3.05, 3.63) is 40.5 Å². The summed E-state index contributed by atoms with van der Waals surface area (Å²) in [6.45, 7) is 0. The molecular weight excluding hydrogens is 281 g/mol. The number of carbonyl (C=O) groups is 2. The van der Waals surface area contributed by atoms with E-state index in [1.165, 1.54) is 23.5 Å². The van der Waals surface area contributed by atoms with E-state index >= 15 is 0 Å². The highest BCUT2D eigenvalue weighted by Crippen LogP contribution is 2.25. The van der Waals surface area contributed by atoms with Crippen LogP contribution in [0.2, 0.25) is 0 Å². The first kappa shape index (κ1) is 14.3. The van der Waals surface area contributed by atoms with E-state index < -0.39 is 11.9 Å². The van der Waals surface area contributed by atoms with Crippen LogP contribution in [0.25, 0.3) is 11.3 Å². The molecule has 104 valence electrons. The molecule has 0 saturated heterocycles. The minimum Gasteiger partial charge on any atom is -0.303 e. The van der Waals surface area contributed by atoms with Gasteiger partial charge in [-0.25, -0.2) is 9.37 Å². The van der Waals surface area contributed by atoms with Crippen LogP contribution in [-0.4, -0.2) is 24.3 Å². The second-order valence-electron chi connectivity index (χ2n) is 3.93. The smallest absolute Gasteiger partial charge is 0.250 e. The van der Waals surface area contributed by atoms with Gasteiger partial charge in [-0.1, -0.05) is 0 Å². The topological polar surface area (TPSA) is 71.1 Å². The third-order valence-electron chi connectivity index (χ3n) is 2.66. The van der Waals surface area contributed by atoms with Crippen LogP contribution in [-0.2, 0) is 9.59 Å². The van der Waals surface area contributed by atoms with Gasteiger partial charge in [0.1, 0.15) is 16.9 Å². The van der Waals surface area contributed by atoms with Crippen molar-refractivity contribution in [1.29, 1.82) is 0 Å². The highest BCUT2D eigenvalue weighted by Gasteiger charge is 2.21. The maximum Gasteiger partial charge on any atom is 0.250 e. The predicted octanol–water partition coefficient (Wildman–Crippen LogP) is 1.48. The van der Waals surface area contributed by atoms with Gasteiger partial charge in [-0.15, -0.1) is 11.3 Å².